The van der Waals surface area contributed by atoms with Crippen molar-refractivity contribution < 1.29 is 0 Å². The monoisotopic (exact) mass is 270 g/mol. The van der Waals surface area contributed by atoms with Gasteiger partial charge in [0.1, 0.15) is 4.84 Å². The Kier molecular flexibility index (Phi) is 3.56. The normalized spacial score (nSPS) is 10.6. The van der Waals surface area contributed by atoms with E-state index < -0.39 is 4.84 Å². The predicted molar refractivity (Wildman–Crippen MR) is 55.8 cm³/mol. The molecule has 0 amide bonds. The van der Waals surface area contributed by atoms with E-state index in [4.69, 9.17) is 23.2 Å². The minimum atomic E-state index is -0.514. The minimum Gasteiger partial charge on any atom is -0.143 e. The van der Waals surface area contributed by atoms with Crippen LogP contribution >= 0.6 is 51.8 Å². The van der Waals surface area contributed by atoms with E-state index in [1.807, 2.05) is 18.2 Å². The van der Waals surface area contributed by atoms with E-state index in [-0.39, 0.29) is 0 Å². The molecule has 1 aromatic rings. The summed E-state index contributed by atoms with van der Waals surface area (Å²) >= 11 is 18.9. The van der Waals surface area contributed by atoms with Crippen LogP contribution in [0, 0.1) is 0 Å². The zero-order valence-electron chi connectivity index (χ0n) is 5.39. The average molecular weight is 272 g/mol. The van der Waals surface area contributed by atoms with Crippen LogP contribution in [0.5, 0.6) is 0 Å². The Morgan fingerprint density at radius 3 is 2.45 bits per heavy atom. The van der Waals surface area contributed by atoms with Crippen LogP contribution in [0.3, 0.4) is 0 Å². The Hall–Kier alpha value is 0.630. The Labute approximate surface area is 89.4 Å². The number of hydrogen-bond donors (Lipinski definition) is 1. The molecule has 0 saturated carbocycles. The van der Waals surface area contributed by atoms with Crippen LogP contribution in [-0.4, -0.2) is 0 Å². The fourth-order valence-corrected chi connectivity index (χ4v) is 1.86. The summed E-state index contributed by atoms with van der Waals surface area (Å²) in [4.78, 5) is 0.295. The average Bonchev–Trinajstić information content (AvgIpc) is 1.94. The van der Waals surface area contributed by atoms with Crippen molar-refractivity contribution in [2.75, 3.05) is 0 Å². The summed E-state index contributed by atoms with van der Waals surface area (Å²) < 4.78 is 0.955. The molecule has 0 aliphatic carbocycles. The van der Waals surface area contributed by atoms with E-state index >= 15 is 0 Å². The first-order valence-electron chi connectivity index (χ1n) is 2.88. The summed E-state index contributed by atoms with van der Waals surface area (Å²) in [5, 5.41) is 0. The molecule has 1 rings (SSSR count). The summed E-state index contributed by atoms with van der Waals surface area (Å²) in [6.45, 7) is 0. The van der Waals surface area contributed by atoms with Crippen LogP contribution in [0.15, 0.2) is 27.6 Å². The second kappa shape index (κ2) is 4.04. The maximum absolute atomic E-state index is 5.68. The van der Waals surface area contributed by atoms with Gasteiger partial charge in [-0.2, -0.15) is 0 Å². The summed E-state index contributed by atoms with van der Waals surface area (Å²) in [7, 11) is 0. The van der Waals surface area contributed by atoms with E-state index in [0.717, 1.165) is 14.9 Å². The number of alkyl halides is 2. The van der Waals surface area contributed by atoms with Crippen LogP contribution < -0.4 is 0 Å². The van der Waals surface area contributed by atoms with E-state index in [2.05, 4.69) is 28.6 Å². The predicted octanol–water partition coefficient (Wildman–Crippen LogP) is 4.21. The van der Waals surface area contributed by atoms with Gasteiger partial charge in [0.05, 0.1) is 0 Å². The van der Waals surface area contributed by atoms with Crippen LogP contribution in [0.4, 0.5) is 0 Å². The highest BCUT2D eigenvalue weighted by atomic mass is 79.9. The minimum absolute atomic E-state index is 0.514. The highest BCUT2D eigenvalue weighted by Crippen LogP contribution is 2.31. The summed E-state index contributed by atoms with van der Waals surface area (Å²) in [6.07, 6.45) is 0. The number of rotatable bonds is 1. The molecule has 0 unspecified atom stereocenters. The Morgan fingerprint density at radius 1 is 1.36 bits per heavy atom. The molecule has 0 aromatic heterocycles. The van der Waals surface area contributed by atoms with E-state index in [9.17, 15) is 0 Å². The summed E-state index contributed by atoms with van der Waals surface area (Å²) in [5.41, 5.74) is 0.825. The topological polar surface area (TPSA) is 0 Å². The molecule has 0 fully saturated rings. The third-order valence-corrected chi connectivity index (χ3v) is 2.60. The molecule has 0 atom stereocenters. The Morgan fingerprint density at radius 2 is 2.00 bits per heavy atom. The fourth-order valence-electron chi connectivity index (χ4n) is 0.700. The molecule has 0 aliphatic heterocycles. The smallest absolute Gasteiger partial charge is 0.133 e. The van der Waals surface area contributed by atoms with Crippen LogP contribution in [0.2, 0.25) is 0 Å². The van der Waals surface area contributed by atoms with E-state index in [1.165, 1.54) is 0 Å². The maximum Gasteiger partial charge on any atom is 0.133 e. The first kappa shape index (κ1) is 9.72. The van der Waals surface area contributed by atoms with Crippen molar-refractivity contribution in [1.82, 2.24) is 0 Å². The quantitative estimate of drug-likeness (QED) is 0.574. The molecule has 0 aliphatic rings. The molecule has 1 aromatic carbocycles. The third-order valence-electron chi connectivity index (χ3n) is 1.22. The third kappa shape index (κ3) is 2.55. The lowest BCUT2D eigenvalue weighted by atomic mass is 10.2. The van der Waals surface area contributed by atoms with Crippen molar-refractivity contribution in [3.8, 4) is 0 Å². The van der Waals surface area contributed by atoms with Gasteiger partial charge in [-0.1, -0.05) is 15.9 Å². The van der Waals surface area contributed by atoms with Gasteiger partial charge in [-0.3, -0.25) is 0 Å². The van der Waals surface area contributed by atoms with E-state index in [1.54, 1.807) is 0 Å². The zero-order valence-corrected chi connectivity index (χ0v) is 9.38. The van der Waals surface area contributed by atoms with Gasteiger partial charge in [0.15, 0.2) is 0 Å². The molecule has 0 saturated heterocycles. The Balaban J connectivity index is 3.13. The highest BCUT2D eigenvalue weighted by molar-refractivity contribution is 9.10. The van der Waals surface area contributed by atoms with Crippen molar-refractivity contribution in [1.29, 1.82) is 0 Å². The van der Waals surface area contributed by atoms with Gasteiger partial charge in [0.25, 0.3) is 0 Å². The molecule has 0 bridgehead atoms. The van der Waals surface area contributed by atoms with Crippen molar-refractivity contribution in [2.24, 2.45) is 0 Å². The van der Waals surface area contributed by atoms with E-state index in [0.29, 0.717) is 0 Å². The van der Waals surface area contributed by atoms with Gasteiger partial charge in [0.2, 0.25) is 0 Å². The second-order valence-corrected chi connectivity index (χ2v) is 4.50. The lowest BCUT2D eigenvalue weighted by Gasteiger charge is -2.04. The zero-order chi connectivity index (χ0) is 8.43. The second-order valence-electron chi connectivity index (χ2n) is 2.00. The number of thiol groups is 1. The lowest BCUT2D eigenvalue weighted by Crippen LogP contribution is -1.83. The van der Waals surface area contributed by atoms with Gasteiger partial charge >= 0.3 is 0 Å². The van der Waals surface area contributed by atoms with Gasteiger partial charge in [0, 0.05) is 9.37 Å². The van der Waals surface area contributed by atoms with Crippen molar-refractivity contribution in [2.45, 2.75) is 9.73 Å². The van der Waals surface area contributed by atoms with Gasteiger partial charge in [-0.05, 0) is 23.8 Å². The van der Waals surface area contributed by atoms with Crippen LogP contribution in [-0.2, 0) is 0 Å². The molecule has 11 heavy (non-hydrogen) atoms. The van der Waals surface area contributed by atoms with Gasteiger partial charge in [-0.15, -0.1) is 35.8 Å². The SMILES string of the molecule is Sc1ccc(Br)cc1C(Cl)Cl. The molecule has 60 valence electrons. The summed E-state index contributed by atoms with van der Waals surface area (Å²) in [6, 6.07) is 5.59. The van der Waals surface area contributed by atoms with Gasteiger partial charge < -0.3 is 0 Å². The van der Waals surface area contributed by atoms with Gasteiger partial charge in [-0.25, -0.2) is 0 Å². The molecular weight excluding hydrogens is 267 g/mol. The van der Waals surface area contributed by atoms with Crippen molar-refractivity contribution in [3.63, 3.8) is 0 Å². The first-order chi connectivity index (χ1) is 5.11. The molecule has 0 nitrogen and oxygen atoms in total. The molecular formula is C7H5BrCl2S. The first-order valence-corrected chi connectivity index (χ1v) is 4.99. The molecule has 0 radical (unpaired) electrons. The summed E-state index contributed by atoms with van der Waals surface area (Å²) in [5.74, 6) is 0. The molecule has 0 heterocycles. The largest absolute Gasteiger partial charge is 0.143 e. The Bertz CT molecular complexity index is 263. The highest BCUT2D eigenvalue weighted by Gasteiger charge is 2.07. The fraction of sp³-hybridized carbons (Fsp3) is 0.143. The van der Waals surface area contributed by atoms with Crippen LogP contribution in [0.1, 0.15) is 10.4 Å². The number of benzene rings is 1. The molecule has 0 spiro atoms. The number of hydrogen-bond acceptors (Lipinski definition) is 1. The van der Waals surface area contributed by atoms with Crippen LogP contribution in [0.25, 0.3) is 0 Å². The maximum atomic E-state index is 5.68. The molecule has 0 N–H and O–H groups in total. The standard InChI is InChI=1S/C7H5BrCl2S/c8-4-1-2-6(11)5(3-4)7(9)10/h1-3,7,11H. The lowest BCUT2D eigenvalue weighted by molar-refractivity contribution is 1.22. The van der Waals surface area contributed by atoms with Crippen molar-refractivity contribution in [3.05, 3.63) is 28.2 Å². The number of halogens is 3. The molecule has 4 heteroatoms. The van der Waals surface area contributed by atoms with Crippen molar-refractivity contribution >= 4 is 51.8 Å².